The Morgan fingerprint density at radius 3 is 2.83 bits per heavy atom. The molecule has 0 heterocycles. The van der Waals surface area contributed by atoms with Gasteiger partial charge < -0.3 is 9.64 Å². The Kier molecular flexibility index (Phi) is 6.68. The number of hydrogen-bond donors (Lipinski definition) is 0. The molecule has 0 aliphatic heterocycles. The maximum Gasteiger partial charge on any atom is 0.237 e. The number of carbonyl (C=O) groups is 1. The number of carbonyl (C=O) groups excluding carboxylic acids is 1. The van der Waals surface area contributed by atoms with Gasteiger partial charge in [0.25, 0.3) is 0 Å². The fraction of sp³-hybridized carbons (Fsp3) is 0.462. The van der Waals surface area contributed by atoms with Crippen molar-refractivity contribution < 1.29 is 9.53 Å². The van der Waals surface area contributed by atoms with Gasteiger partial charge in [-0.3, -0.25) is 4.79 Å². The Hall–Kier alpha value is -0.580. The lowest BCUT2D eigenvalue weighted by Gasteiger charge is -2.22. The topological polar surface area (TPSA) is 29.5 Å². The maximum absolute atomic E-state index is 11.7. The van der Waals surface area contributed by atoms with Crippen molar-refractivity contribution in [3.8, 4) is 0 Å². The minimum Gasteiger partial charge on any atom is -0.383 e. The van der Waals surface area contributed by atoms with E-state index < -0.39 is 0 Å². The predicted octanol–water partition coefficient (Wildman–Crippen LogP) is 2.97. The lowest BCUT2D eigenvalue weighted by atomic mass is 10.1. The number of alkyl halides is 1. The number of methoxy groups -OCH3 is 1. The minimum absolute atomic E-state index is 0.00321. The van der Waals surface area contributed by atoms with E-state index in [4.69, 9.17) is 16.3 Å². The molecule has 1 rings (SSSR count). The molecule has 5 heteroatoms. The second kappa shape index (κ2) is 7.77. The fourth-order valence-corrected chi connectivity index (χ4v) is 2.18. The molecule has 3 nitrogen and oxygen atoms in total. The number of halogens is 2. The van der Waals surface area contributed by atoms with Gasteiger partial charge in [-0.25, -0.2) is 0 Å². The van der Waals surface area contributed by atoms with E-state index in [2.05, 4.69) is 15.9 Å². The van der Waals surface area contributed by atoms with E-state index in [0.717, 1.165) is 15.6 Å². The lowest BCUT2D eigenvalue weighted by molar-refractivity contribution is -0.129. The molecule has 0 aromatic heterocycles. The van der Waals surface area contributed by atoms with Crippen molar-refractivity contribution in [2.45, 2.75) is 13.5 Å². The third-order valence-corrected chi connectivity index (χ3v) is 3.86. The van der Waals surface area contributed by atoms with Crippen molar-refractivity contribution in [1.82, 2.24) is 4.90 Å². The second-order valence-electron chi connectivity index (χ2n) is 3.97. The van der Waals surface area contributed by atoms with Crippen molar-refractivity contribution in [2.24, 2.45) is 0 Å². The van der Waals surface area contributed by atoms with E-state index in [1.165, 1.54) is 0 Å². The average molecular weight is 335 g/mol. The molecule has 0 radical (unpaired) electrons. The molecule has 0 aliphatic carbocycles. The molecule has 18 heavy (non-hydrogen) atoms. The number of ether oxygens (including phenoxy) is 1. The first-order chi connectivity index (χ1) is 8.60. The maximum atomic E-state index is 11.7. The summed E-state index contributed by atoms with van der Waals surface area (Å²) in [7, 11) is 1.62. The summed E-state index contributed by atoms with van der Waals surface area (Å²) in [4.78, 5) is 13.5. The van der Waals surface area contributed by atoms with Gasteiger partial charge >= 0.3 is 0 Å². The van der Waals surface area contributed by atoms with E-state index in [1.54, 1.807) is 12.0 Å². The number of benzene rings is 1. The van der Waals surface area contributed by atoms with Gasteiger partial charge in [-0.2, -0.15) is 0 Å². The van der Waals surface area contributed by atoms with Crippen LogP contribution in [0.2, 0.25) is 0 Å². The normalized spacial score (nSPS) is 10.4. The number of rotatable bonds is 6. The molecule has 0 bridgehead atoms. The van der Waals surface area contributed by atoms with Gasteiger partial charge in [-0.1, -0.05) is 28.1 Å². The van der Waals surface area contributed by atoms with Gasteiger partial charge in [0.15, 0.2) is 0 Å². The van der Waals surface area contributed by atoms with E-state index in [0.29, 0.717) is 19.7 Å². The summed E-state index contributed by atoms with van der Waals surface area (Å²) in [6.45, 7) is 3.64. The van der Waals surface area contributed by atoms with Crippen LogP contribution in [0.1, 0.15) is 11.1 Å². The monoisotopic (exact) mass is 333 g/mol. The summed E-state index contributed by atoms with van der Waals surface area (Å²) in [5.74, 6) is -0.0790. The van der Waals surface area contributed by atoms with Crippen LogP contribution in [0.3, 0.4) is 0 Å². The van der Waals surface area contributed by atoms with E-state index in [9.17, 15) is 4.79 Å². The summed E-state index contributed by atoms with van der Waals surface area (Å²) in [6, 6.07) is 5.97. The quantitative estimate of drug-likeness (QED) is 0.749. The van der Waals surface area contributed by atoms with Crippen molar-refractivity contribution in [1.29, 1.82) is 0 Å². The standard InChI is InChI=1S/C13H17BrClNO2/c1-10-11(4-3-5-12(10)14)9-16(6-7-18-2)13(17)8-15/h3-5H,6-9H2,1-2H3. The summed E-state index contributed by atoms with van der Waals surface area (Å²) in [6.07, 6.45) is 0. The van der Waals surface area contributed by atoms with Gasteiger partial charge in [0.1, 0.15) is 5.88 Å². The van der Waals surface area contributed by atoms with Gasteiger partial charge in [-0.15, -0.1) is 11.6 Å². The van der Waals surface area contributed by atoms with Gasteiger partial charge in [-0.05, 0) is 24.1 Å². The Balaban J connectivity index is 2.81. The van der Waals surface area contributed by atoms with Crippen molar-refractivity contribution in [3.63, 3.8) is 0 Å². The average Bonchev–Trinajstić information content (AvgIpc) is 2.38. The highest BCUT2D eigenvalue weighted by atomic mass is 79.9. The Morgan fingerprint density at radius 1 is 1.50 bits per heavy atom. The molecule has 1 amide bonds. The first-order valence-corrected chi connectivity index (χ1v) is 6.99. The first-order valence-electron chi connectivity index (χ1n) is 5.66. The fourth-order valence-electron chi connectivity index (χ4n) is 1.61. The molecular weight excluding hydrogens is 318 g/mol. The van der Waals surface area contributed by atoms with Crippen LogP contribution in [-0.4, -0.2) is 36.9 Å². The molecule has 1 aromatic carbocycles. The second-order valence-corrected chi connectivity index (χ2v) is 5.09. The van der Waals surface area contributed by atoms with Crippen LogP contribution in [0.5, 0.6) is 0 Å². The molecular formula is C13H17BrClNO2. The van der Waals surface area contributed by atoms with Crippen LogP contribution in [-0.2, 0) is 16.1 Å². The summed E-state index contributed by atoms with van der Waals surface area (Å²) >= 11 is 9.11. The van der Waals surface area contributed by atoms with E-state index in [1.807, 2.05) is 25.1 Å². The molecule has 0 aliphatic rings. The molecule has 1 aromatic rings. The lowest BCUT2D eigenvalue weighted by Crippen LogP contribution is -2.34. The molecule has 0 saturated heterocycles. The Bertz CT molecular complexity index is 412. The zero-order chi connectivity index (χ0) is 13.5. The number of amides is 1. The van der Waals surface area contributed by atoms with Gasteiger partial charge in [0, 0.05) is 24.7 Å². The van der Waals surface area contributed by atoms with Crippen LogP contribution >= 0.6 is 27.5 Å². The third-order valence-electron chi connectivity index (χ3n) is 2.77. The largest absolute Gasteiger partial charge is 0.383 e. The molecule has 0 N–H and O–H groups in total. The minimum atomic E-state index is -0.0758. The summed E-state index contributed by atoms with van der Waals surface area (Å²) < 4.78 is 6.06. The summed E-state index contributed by atoms with van der Waals surface area (Å²) in [5, 5.41) is 0. The van der Waals surface area contributed by atoms with E-state index >= 15 is 0 Å². The zero-order valence-electron chi connectivity index (χ0n) is 10.6. The predicted molar refractivity (Wildman–Crippen MR) is 76.9 cm³/mol. The van der Waals surface area contributed by atoms with Crippen molar-refractivity contribution >= 4 is 33.4 Å². The van der Waals surface area contributed by atoms with Crippen LogP contribution < -0.4 is 0 Å². The van der Waals surface area contributed by atoms with Crippen LogP contribution in [0.25, 0.3) is 0 Å². The van der Waals surface area contributed by atoms with Crippen LogP contribution in [0, 0.1) is 6.92 Å². The number of hydrogen-bond acceptors (Lipinski definition) is 2. The van der Waals surface area contributed by atoms with Crippen molar-refractivity contribution in [2.75, 3.05) is 26.1 Å². The van der Waals surface area contributed by atoms with Crippen LogP contribution in [0.15, 0.2) is 22.7 Å². The molecule has 0 unspecified atom stereocenters. The third kappa shape index (κ3) is 4.26. The highest BCUT2D eigenvalue weighted by molar-refractivity contribution is 9.10. The van der Waals surface area contributed by atoms with Gasteiger partial charge in [0.2, 0.25) is 5.91 Å². The highest BCUT2D eigenvalue weighted by Gasteiger charge is 2.14. The molecule has 0 saturated carbocycles. The molecule has 0 atom stereocenters. The number of nitrogens with zero attached hydrogens (tertiary/aromatic N) is 1. The van der Waals surface area contributed by atoms with Crippen LogP contribution in [0.4, 0.5) is 0 Å². The zero-order valence-corrected chi connectivity index (χ0v) is 12.9. The highest BCUT2D eigenvalue weighted by Crippen LogP contribution is 2.20. The Morgan fingerprint density at radius 2 is 2.22 bits per heavy atom. The smallest absolute Gasteiger partial charge is 0.237 e. The van der Waals surface area contributed by atoms with E-state index in [-0.39, 0.29) is 11.8 Å². The Labute approximate surface area is 121 Å². The first kappa shape index (κ1) is 15.5. The summed E-state index contributed by atoms with van der Waals surface area (Å²) in [5.41, 5.74) is 2.25. The van der Waals surface area contributed by atoms with Gasteiger partial charge in [0.05, 0.1) is 6.61 Å². The molecule has 0 spiro atoms. The SMILES string of the molecule is COCCN(Cc1cccc(Br)c1C)C(=O)CCl. The molecule has 100 valence electrons. The molecule has 0 fully saturated rings. The van der Waals surface area contributed by atoms with Crippen molar-refractivity contribution in [3.05, 3.63) is 33.8 Å².